The number of rotatable bonds is 2. The molecule has 1 unspecified atom stereocenters. The monoisotopic (exact) mass is 283 g/mol. The van der Waals surface area contributed by atoms with Gasteiger partial charge in [-0.2, -0.15) is 10.1 Å². The number of anilines is 1. The second-order valence-corrected chi connectivity index (χ2v) is 5.47. The summed E-state index contributed by atoms with van der Waals surface area (Å²) in [5, 5.41) is 12.9. The highest BCUT2D eigenvalue weighted by Crippen LogP contribution is 2.26. The van der Waals surface area contributed by atoms with E-state index in [1.54, 1.807) is 0 Å². The highest BCUT2D eigenvalue weighted by Gasteiger charge is 2.23. The Bertz CT molecular complexity index is 788. The number of nitrogens with two attached hydrogens (primary N) is 1. The van der Waals surface area contributed by atoms with E-state index in [1.807, 2.05) is 36.0 Å². The normalized spacial score (nSPS) is 18.8. The predicted octanol–water partition coefficient (Wildman–Crippen LogP) is 0.896. The van der Waals surface area contributed by atoms with Crippen LogP contribution in [-0.4, -0.2) is 44.1 Å². The lowest BCUT2D eigenvalue weighted by Crippen LogP contribution is -2.26. The highest BCUT2D eigenvalue weighted by molar-refractivity contribution is 5.91. The molecule has 1 aliphatic rings. The number of hydrogen-bond donors (Lipinski definition) is 2. The average Bonchev–Trinajstić information content (AvgIpc) is 3.18. The molecule has 0 bridgehead atoms. The Morgan fingerprint density at radius 1 is 1.33 bits per heavy atom. The first kappa shape index (κ1) is 12.3. The van der Waals surface area contributed by atoms with Gasteiger partial charge in [0.25, 0.3) is 0 Å². The number of aromatic nitrogens is 5. The molecule has 1 aromatic carbocycles. The zero-order valence-electron chi connectivity index (χ0n) is 11.8. The molecular formula is C14H17N7. The van der Waals surface area contributed by atoms with Crippen molar-refractivity contribution in [1.29, 1.82) is 0 Å². The molecule has 3 N–H and O–H groups in total. The maximum Gasteiger partial charge on any atom is 0.245 e. The number of aromatic amines is 1. The molecule has 0 aliphatic carbocycles. The number of nitrogens with one attached hydrogen (secondary N) is 1. The van der Waals surface area contributed by atoms with Crippen LogP contribution < -0.4 is 10.6 Å². The lowest BCUT2D eigenvalue weighted by atomic mass is 10.2. The summed E-state index contributed by atoms with van der Waals surface area (Å²) < 4.78 is 1.86. The van der Waals surface area contributed by atoms with E-state index in [0.29, 0.717) is 11.8 Å². The summed E-state index contributed by atoms with van der Waals surface area (Å²) in [4.78, 5) is 6.70. The third-order valence-corrected chi connectivity index (χ3v) is 3.96. The molecule has 0 amide bonds. The van der Waals surface area contributed by atoms with Gasteiger partial charge in [0.05, 0.1) is 5.52 Å². The number of aryl methyl sites for hydroxylation is 1. The Morgan fingerprint density at radius 2 is 2.19 bits per heavy atom. The van der Waals surface area contributed by atoms with E-state index < -0.39 is 0 Å². The van der Waals surface area contributed by atoms with Crippen LogP contribution in [0.25, 0.3) is 22.4 Å². The summed E-state index contributed by atoms with van der Waals surface area (Å²) in [6.45, 7) is 1.71. The molecule has 1 fully saturated rings. The molecule has 0 radical (unpaired) electrons. The van der Waals surface area contributed by atoms with E-state index in [-0.39, 0.29) is 6.04 Å². The quantitative estimate of drug-likeness (QED) is 0.729. The first-order valence-electron chi connectivity index (χ1n) is 7.07. The maximum atomic E-state index is 5.94. The van der Waals surface area contributed by atoms with Gasteiger partial charge in [-0.1, -0.05) is 18.2 Å². The summed E-state index contributed by atoms with van der Waals surface area (Å²) in [6, 6.07) is 8.31. The molecule has 1 atom stereocenters. The zero-order chi connectivity index (χ0) is 14.4. The van der Waals surface area contributed by atoms with Crippen LogP contribution >= 0.6 is 0 Å². The van der Waals surface area contributed by atoms with Gasteiger partial charge in [0, 0.05) is 31.6 Å². The van der Waals surface area contributed by atoms with Crippen molar-refractivity contribution in [2.45, 2.75) is 12.5 Å². The largest absolute Gasteiger partial charge is 0.338 e. The Hall–Kier alpha value is -2.41. The Kier molecular flexibility index (Phi) is 2.68. The van der Waals surface area contributed by atoms with Crippen molar-refractivity contribution in [3.63, 3.8) is 0 Å². The molecule has 1 saturated heterocycles. The van der Waals surface area contributed by atoms with Crippen molar-refractivity contribution >= 4 is 16.9 Å². The van der Waals surface area contributed by atoms with E-state index in [9.17, 15) is 0 Å². The van der Waals surface area contributed by atoms with Crippen molar-refractivity contribution in [1.82, 2.24) is 25.0 Å². The number of fused-ring (bicyclic) bond motifs is 1. The van der Waals surface area contributed by atoms with Crippen LogP contribution in [0.1, 0.15) is 6.42 Å². The van der Waals surface area contributed by atoms with Gasteiger partial charge in [-0.05, 0) is 12.5 Å². The van der Waals surface area contributed by atoms with E-state index in [0.717, 1.165) is 36.1 Å². The molecule has 1 aliphatic heterocycles. The number of para-hydroxylation sites is 1. The van der Waals surface area contributed by atoms with E-state index in [1.165, 1.54) is 0 Å². The second-order valence-electron chi connectivity index (χ2n) is 5.47. The Balaban J connectivity index is 1.74. The third-order valence-electron chi connectivity index (χ3n) is 3.96. The second kappa shape index (κ2) is 4.56. The summed E-state index contributed by atoms with van der Waals surface area (Å²) in [6.07, 6.45) is 0.983. The van der Waals surface area contributed by atoms with E-state index in [2.05, 4.69) is 25.2 Å². The van der Waals surface area contributed by atoms with Gasteiger partial charge >= 0.3 is 0 Å². The van der Waals surface area contributed by atoms with E-state index in [4.69, 9.17) is 5.73 Å². The van der Waals surface area contributed by atoms with Gasteiger partial charge < -0.3 is 10.6 Å². The Labute approximate surface area is 121 Å². The standard InChI is InChI=1S/C14H17N7/c1-20-11-5-3-2-4-10(11)12(19-20)13-16-14(18-17-13)21-7-6-9(15)8-21/h2-5,9H,6-8,15H2,1H3,(H,16,17,18). The first-order chi connectivity index (χ1) is 10.2. The molecule has 21 heavy (non-hydrogen) atoms. The molecule has 7 heteroatoms. The average molecular weight is 283 g/mol. The number of H-pyrrole nitrogens is 1. The first-order valence-corrected chi connectivity index (χ1v) is 7.07. The number of benzene rings is 1. The minimum absolute atomic E-state index is 0.211. The lowest BCUT2D eigenvalue weighted by molar-refractivity contribution is 0.750. The van der Waals surface area contributed by atoms with Crippen LogP contribution in [0, 0.1) is 0 Å². The van der Waals surface area contributed by atoms with Gasteiger partial charge in [0.15, 0.2) is 5.82 Å². The third kappa shape index (κ3) is 1.97. The van der Waals surface area contributed by atoms with Gasteiger partial charge in [0.1, 0.15) is 5.69 Å². The van der Waals surface area contributed by atoms with Crippen LogP contribution in [0.5, 0.6) is 0 Å². The SMILES string of the molecule is Cn1nc(-c2nc(N3CCC(N)C3)n[nH]2)c2ccccc21. The molecule has 2 aromatic heterocycles. The fraction of sp³-hybridized carbons (Fsp3) is 0.357. The van der Waals surface area contributed by atoms with E-state index >= 15 is 0 Å². The van der Waals surface area contributed by atoms with Crippen LogP contribution in [0.3, 0.4) is 0 Å². The molecule has 3 aromatic rings. The van der Waals surface area contributed by atoms with Crippen molar-refractivity contribution in [3.05, 3.63) is 24.3 Å². The predicted molar refractivity (Wildman–Crippen MR) is 80.9 cm³/mol. The van der Waals surface area contributed by atoms with Crippen molar-refractivity contribution in [2.24, 2.45) is 12.8 Å². The molecule has 0 spiro atoms. The van der Waals surface area contributed by atoms with Gasteiger partial charge in [-0.15, -0.1) is 5.10 Å². The molecule has 0 saturated carbocycles. The van der Waals surface area contributed by atoms with Crippen LogP contribution in [0.4, 0.5) is 5.95 Å². The van der Waals surface area contributed by atoms with Gasteiger partial charge in [-0.25, -0.2) is 0 Å². The summed E-state index contributed by atoms with van der Waals surface area (Å²) >= 11 is 0. The number of hydrogen-bond acceptors (Lipinski definition) is 5. The Morgan fingerprint density at radius 3 is 3.00 bits per heavy atom. The van der Waals surface area contributed by atoms with Crippen molar-refractivity contribution < 1.29 is 0 Å². The summed E-state index contributed by atoms with van der Waals surface area (Å²) in [5.74, 6) is 1.40. The number of nitrogens with zero attached hydrogens (tertiary/aromatic N) is 5. The van der Waals surface area contributed by atoms with Gasteiger partial charge in [-0.3, -0.25) is 9.78 Å². The maximum absolute atomic E-state index is 5.94. The molecule has 4 rings (SSSR count). The van der Waals surface area contributed by atoms with Crippen LogP contribution in [-0.2, 0) is 7.05 Å². The molecule has 108 valence electrons. The van der Waals surface area contributed by atoms with Crippen LogP contribution in [0.15, 0.2) is 24.3 Å². The summed E-state index contributed by atoms with van der Waals surface area (Å²) in [5.41, 5.74) is 7.84. The van der Waals surface area contributed by atoms with Gasteiger partial charge in [0.2, 0.25) is 5.95 Å². The zero-order valence-corrected chi connectivity index (χ0v) is 11.8. The lowest BCUT2D eigenvalue weighted by Gasteiger charge is -2.11. The topological polar surface area (TPSA) is 88.7 Å². The summed E-state index contributed by atoms with van der Waals surface area (Å²) in [7, 11) is 1.93. The smallest absolute Gasteiger partial charge is 0.245 e. The van der Waals surface area contributed by atoms with Crippen molar-refractivity contribution in [3.8, 4) is 11.5 Å². The fourth-order valence-corrected chi connectivity index (χ4v) is 2.86. The van der Waals surface area contributed by atoms with Crippen LogP contribution in [0.2, 0.25) is 0 Å². The fourth-order valence-electron chi connectivity index (χ4n) is 2.86. The minimum atomic E-state index is 0.211. The minimum Gasteiger partial charge on any atom is -0.338 e. The van der Waals surface area contributed by atoms with Crippen molar-refractivity contribution in [2.75, 3.05) is 18.0 Å². The molecule has 7 nitrogen and oxygen atoms in total. The highest BCUT2D eigenvalue weighted by atomic mass is 15.4. The molecule has 3 heterocycles. The molecular weight excluding hydrogens is 266 g/mol.